The molecule has 0 radical (unpaired) electrons. The van der Waals surface area contributed by atoms with Crippen LogP contribution in [0.1, 0.15) is 18.2 Å². The quantitative estimate of drug-likeness (QED) is 0.536. The van der Waals surface area contributed by atoms with Gasteiger partial charge in [-0.2, -0.15) is 5.26 Å². The van der Waals surface area contributed by atoms with Gasteiger partial charge in [-0.25, -0.2) is 4.98 Å². The van der Waals surface area contributed by atoms with Crippen LogP contribution in [0.4, 0.5) is 0 Å². The zero-order chi connectivity index (χ0) is 19.2. The predicted molar refractivity (Wildman–Crippen MR) is 106 cm³/mol. The Labute approximate surface area is 166 Å². The Morgan fingerprint density at radius 2 is 1.93 bits per heavy atom. The minimum Gasteiger partial charge on any atom is -0.493 e. The highest BCUT2D eigenvalue weighted by Crippen LogP contribution is 2.34. The standard InChI is InChI=1S/C20H17ClN2O3S/c1-3-25-18-7-5-14(9-19(18)24-2)20-23-15(12-27-20)11-26-17-6-4-13(10-22)8-16(17)21/h4-9,12H,3,11H2,1-2H3. The number of halogens is 1. The lowest BCUT2D eigenvalue weighted by molar-refractivity contribution is 0.302. The summed E-state index contributed by atoms with van der Waals surface area (Å²) >= 11 is 7.65. The molecule has 0 aliphatic rings. The van der Waals surface area contributed by atoms with Crippen molar-refractivity contribution in [3.63, 3.8) is 0 Å². The van der Waals surface area contributed by atoms with Crippen molar-refractivity contribution in [1.82, 2.24) is 4.98 Å². The van der Waals surface area contributed by atoms with Gasteiger partial charge >= 0.3 is 0 Å². The van der Waals surface area contributed by atoms with Crippen LogP contribution in [-0.4, -0.2) is 18.7 Å². The number of hydrogen-bond acceptors (Lipinski definition) is 6. The summed E-state index contributed by atoms with van der Waals surface area (Å²) in [5, 5.41) is 12.1. The molecule has 0 bridgehead atoms. The monoisotopic (exact) mass is 400 g/mol. The second-order valence-corrected chi connectivity index (χ2v) is 6.75. The molecule has 0 aliphatic heterocycles. The normalized spacial score (nSPS) is 10.3. The average molecular weight is 401 g/mol. The third kappa shape index (κ3) is 4.51. The Morgan fingerprint density at radius 1 is 1.11 bits per heavy atom. The van der Waals surface area contributed by atoms with E-state index in [4.69, 9.17) is 31.1 Å². The third-order valence-corrected chi connectivity index (χ3v) is 4.93. The van der Waals surface area contributed by atoms with Crippen molar-refractivity contribution in [1.29, 1.82) is 5.26 Å². The van der Waals surface area contributed by atoms with Crippen molar-refractivity contribution in [2.24, 2.45) is 0 Å². The molecule has 5 nitrogen and oxygen atoms in total. The first-order chi connectivity index (χ1) is 13.1. The lowest BCUT2D eigenvalue weighted by atomic mass is 10.2. The molecule has 0 spiro atoms. The third-order valence-electron chi connectivity index (χ3n) is 3.70. The lowest BCUT2D eigenvalue weighted by Crippen LogP contribution is -1.97. The summed E-state index contributed by atoms with van der Waals surface area (Å²) in [6, 6.07) is 12.7. The summed E-state index contributed by atoms with van der Waals surface area (Å²) < 4.78 is 16.7. The van der Waals surface area contributed by atoms with Gasteiger partial charge in [0.1, 0.15) is 17.4 Å². The second kappa shape index (κ2) is 8.76. The smallest absolute Gasteiger partial charge is 0.161 e. The van der Waals surface area contributed by atoms with Gasteiger partial charge in [-0.15, -0.1) is 11.3 Å². The summed E-state index contributed by atoms with van der Waals surface area (Å²) in [6.07, 6.45) is 0. The molecule has 0 N–H and O–H groups in total. The van der Waals surface area contributed by atoms with Crippen LogP contribution < -0.4 is 14.2 Å². The van der Waals surface area contributed by atoms with Crippen molar-refractivity contribution < 1.29 is 14.2 Å². The minimum absolute atomic E-state index is 0.288. The number of aromatic nitrogens is 1. The highest BCUT2D eigenvalue weighted by molar-refractivity contribution is 7.13. The minimum atomic E-state index is 0.288. The van der Waals surface area contributed by atoms with Gasteiger partial charge < -0.3 is 14.2 Å². The number of thiazole rings is 1. The molecule has 2 aromatic carbocycles. The summed E-state index contributed by atoms with van der Waals surface area (Å²) in [5.41, 5.74) is 2.24. The highest BCUT2D eigenvalue weighted by atomic mass is 35.5. The zero-order valence-electron chi connectivity index (χ0n) is 14.9. The Hall–Kier alpha value is -2.75. The van der Waals surface area contributed by atoms with E-state index in [2.05, 4.69) is 4.98 Å². The van der Waals surface area contributed by atoms with E-state index in [0.717, 1.165) is 16.3 Å². The molecule has 0 unspecified atom stereocenters. The number of benzene rings is 2. The maximum absolute atomic E-state index is 8.88. The molecule has 0 fully saturated rings. The molecule has 0 saturated carbocycles. The molecule has 0 aliphatic carbocycles. The van der Waals surface area contributed by atoms with Gasteiger partial charge in [0.2, 0.25) is 0 Å². The van der Waals surface area contributed by atoms with E-state index in [9.17, 15) is 0 Å². The summed E-state index contributed by atoms with van der Waals surface area (Å²) in [4.78, 5) is 4.61. The molecule has 3 aromatic rings. The molecule has 1 aromatic heterocycles. The number of nitriles is 1. The van der Waals surface area contributed by atoms with E-state index in [1.165, 1.54) is 11.3 Å². The van der Waals surface area contributed by atoms with E-state index in [-0.39, 0.29) is 6.61 Å². The first kappa shape index (κ1) is 19.0. The Morgan fingerprint density at radius 3 is 2.63 bits per heavy atom. The summed E-state index contributed by atoms with van der Waals surface area (Å²) in [6.45, 7) is 2.79. The highest BCUT2D eigenvalue weighted by Gasteiger charge is 2.11. The maximum Gasteiger partial charge on any atom is 0.161 e. The second-order valence-electron chi connectivity index (χ2n) is 5.49. The van der Waals surface area contributed by atoms with Crippen LogP contribution in [-0.2, 0) is 6.61 Å². The summed E-state index contributed by atoms with van der Waals surface area (Å²) in [5.74, 6) is 1.90. The Kier molecular flexibility index (Phi) is 6.17. The van der Waals surface area contributed by atoms with Crippen molar-refractivity contribution >= 4 is 22.9 Å². The molecule has 0 saturated heterocycles. The van der Waals surface area contributed by atoms with Crippen molar-refractivity contribution in [2.45, 2.75) is 13.5 Å². The van der Waals surface area contributed by atoms with Gasteiger partial charge in [0, 0.05) is 10.9 Å². The molecule has 7 heteroatoms. The largest absolute Gasteiger partial charge is 0.493 e. The number of ether oxygens (including phenoxy) is 3. The Bertz CT molecular complexity index is 982. The predicted octanol–water partition coefficient (Wildman–Crippen LogP) is 5.32. The van der Waals surface area contributed by atoms with Crippen LogP contribution in [0.15, 0.2) is 41.8 Å². The van der Waals surface area contributed by atoms with E-state index in [1.54, 1.807) is 25.3 Å². The summed E-state index contributed by atoms with van der Waals surface area (Å²) in [7, 11) is 1.62. The van der Waals surface area contributed by atoms with Gasteiger partial charge in [-0.05, 0) is 43.3 Å². The number of methoxy groups -OCH3 is 1. The molecule has 138 valence electrons. The molecular weight excluding hydrogens is 384 g/mol. The van der Waals surface area contributed by atoms with E-state index >= 15 is 0 Å². The SMILES string of the molecule is CCOc1ccc(-c2nc(COc3ccc(C#N)cc3Cl)cs2)cc1OC. The van der Waals surface area contributed by atoms with E-state index in [0.29, 0.717) is 34.4 Å². The number of rotatable bonds is 7. The van der Waals surface area contributed by atoms with Crippen LogP contribution >= 0.6 is 22.9 Å². The fourth-order valence-corrected chi connectivity index (χ4v) is 3.46. The number of hydrogen-bond donors (Lipinski definition) is 0. The maximum atomic E-state index is 8.88. The van der Waals surface area contributed by atoms with Crippen LogP contribution in [0.5, 0.6) is 17.2 Å². The fraction of sp³-hybridized carbons (Fsp3) is 0.200. The van der Waals surface area contributed by atoms with Crippen molar-refractivity contribution in [3.8, 4) is 33.9 Å². The molecule has 0 atom stereocenters. The van der Waals surface area contributed by atoms with Gasteiger partial charge in [0.25, 0.3) is 0 Å². The van der Waals surface area contributed by atoms with Gasteiger partial charge in [0.15, 0.2) is 11.5 Å². The van der Waals surface area contributed by atoms with E-state index < -0.39 is 0 Å². The van der Waals surface area contributed by atoms with Gasteiger partial charge in [-0.1, -0.05) is 11.6 Å². The van der Waals surface area contributed by atoms with Crippen molar-refractivity contribution in [2.75, 3.05) is 13.7 Å². The topological polar surface area (TPSA) is 64.4 Å². The molecule has 3 rings (SSSR count). The van der Waals surface area contributed by atoms with Crippen LogP contribution in [0.3, 0.4) is 0 Å². The zero-order valence-corrected chi connectivity index (χ0v) is 16.4. The van der Waals surface area contributed by atoms with Crippen LogP contribution in [0.2, 0.25) is 5.02 Å². The molecule has 27 heavy (non-hydrogen) atoms. The molecule has 0 amide bonds. The van der Waals surface area contributed by atoms with Crippen molar-refractivity contribution in [3.05, 3.63) is 58.1 Å². The number of nitrogens with zero attached hydrogens (tertiary/aromatic N) is 2. The first-order valence-electron chi connectivity index (χ1n) is 8.22. The first-order valence-corrected chi connectivity index (χ1v) is 9.48. The molecule has 1 heterocycles. The van der Waals surface area contributed by atoms with Gasteiger partial charge in [0.05, 0.1) is 36.1 Å². The van der Waals surface area contributed by atoms with Gasteiger partial charge in [-0.3, -0.25) is 0 Å². The molecular formula is C20H17ClN2O3S. The lowest BCUT2D eigenvalue weighted by Gasteiger charge is -2.10. The van der Waals surface area contributed by atoms with E-state index in [1.807, 2.05) is 36.6 Å². The van der Waals surface area contributed by atoms with Crippen LogP contribution in [0, 0.1) is 11.3 Å². The average Bonchev–Trinajstić information content (AvgIpc) is 3.16. The van der Waals surface area contributed by atoms with Crippen LogP contribution in [0.25, 0.3) is 10.6 Å². The fourth-order valence-electron chi connectivity index (χ4n) is 2.42. The Balaban J connectivity index is 1.72.